The number of halogens is 3. The standard InChI is InChI=1S/C32H30Cl2FN3O5/c1-41-32(40)24-12-27(35)23(13-28(24)38-19-6-7-20(38)16-42-15-19)22-5-2-4-18-14-37(17-43-30(18)22)31(39)29-25(33)10-21(11-26(29)34)36-8-3-9-36/h2,4-5,10-13,19-20H,3,6-9,14-17H2,1H3. The van der Waals surface area contributed by atoms with Crippen molar-refractivity contribution in [1.29, 1.82) is 0 Å². The van der Waals surface area contributed by atoms with E-state index in [2.05, 4.69) is 9.80 Å². The molecule has 3 aromatic carbocycles. The van der Waals surface area contributed by atoms with Crippen LogP contribution in [0.2, 0.25) is 10.0 Å². The molecule has 224 valence electrons. The van der Waals surface area contributed by atoms with Crippen molar-refractivity contribution in [2.75, 3.05) is 49.9 Å². The number of esters is 1. The largest absolute Gasteiger partial charge is 0.472 e. The average molecular weight is 627 g/mol. The Morgan fingerprint density at radius 1 is 1.00 bits per heavy atom. The first-order valence-electron chi connectivity index (χ1n) is 14.4. The zero-order valence-electron chi connectivity index (χ0n) is 23.6. The fourth-order valence-electron chi connectivity index (χ4n) is 6.57. The second kappa shape index (κ2) is 11.2. The van der Waals surface area contributed by atoms with Gasteiger partial charge in [-0.1, -0.05) is 41.4 Å². The van der Waals surface area contributed by atoms with E-state index in [1.807, 2.05) is 6.07 Å². The van der Waals surface area contributed by atoms with Crippen LogP contribution in [0.1, 0.15) is 45.5 Å². The summed E-state index contributed by atoms with van der Waals surface area (Å²) >= 11 is 13.1. The van der Waals surface area contributed by atoms with Crippen molar-refractivity contribution < 1.29 is 28.2 Å². The summed E-state index contributed by atoms with van der Waals surface area (Å²) in [5, 5.41) is 0.577. The molecule has 3 aromatic rings. The van der Waals surface area contributed by atoms with Gasteiger partial charge in [0.1, 0.15) is 11.6 Å². The minimum absolute atomic E-state index is 0.0638. The normalized spacial score (nSPS) is 20.8. The molecule has 1 amide bonds. The highest BCUT2D eigenvalue weighted by atomic mass is 35.5. The Kier molecular flexibility index (Phi) is 7.35. The molecule has 3 fully saturated rings. The zero-order chi connectivity index (χ0) is 29.8. The number of nitrogens with zero attached hydrogens (tertiary/aromatic N) is 3. The van der Waals surface area contributed by atoms with Crippen LogP contribution in [-0.2, 0) is 16.0 Å². The third-order valence-electron chi connectivity index (χ3n) is 8.87. The summed E-state index contributed by atoms with van der Waals surface area (Å²) in [6.45, 7) is 3.12. The van der Waals surface area contributed by atoms with Crippen molar-refractivity contribution in [2.24, 2.45) is 0 Å². The van der Waals surface area contributed by atoms with Gasteiger partial charge in [-0.2, -0.15) is 0 Å². The SMILES string of the molecule is COC(=O)c1cc(F)c(-c2cccc3c2OCN(C(=O)c2c(Cl)cc(N4CCC4)cc2Cl)C3)cc1N1C2CCC1COC2. The lowest BCUT2D eigenvalue weighted by Crippen LogP contribution is -2.46. The number of morpholine rings is 1. The maximum absolute atomic E-state index is 15.8. The lowest BCUT2D eigenvalue weighted by molar-refractivity contribution is 0.0515. The molecule has 8 nitrogen and oxygen atoms in total. The highest BCUT2D eigenvalue weighted by Gasteiger charge is 2.40. The zero-order valence-corrected chi connectivity index (χ0v) is 25.1. The van der Waals surface area contributed by atoms with Crippen LogP contribution >= 0.6 is 23.2 Å². The molecule has 2 unspecified atom stereocenters. The van der Waals surface area contributed by atoms with Crippen LogP contribution in [0.5, 0.6) is 5.75 Å². The molecule has 4 aliphatic rings. The minimum atomic E-state index is -0.595. The number of para-hydroxylation sites is 1. The summed E-state index contributed by atoms with van der Waals surface area (Å²) in [5.41, 5.74) is 3.48. The lowest BCUT2D eigenvalue weighted by atomic mass is 9.96. The molecule has 0 aliphatic carbocycles. The summed E-state index contributed by atoms with van der Waals surface area (Å²) in [7, 11) is 1.29. The Labute approximate surface area is 258 Å². The molecule has 0 aromatic heterocycles. The second-order valence-corrected chi connectivity index (χ2v) is 12.2. The second-order valence-electron chi connectivity index (χ2n) is 11.4. The number of fused-ring (bicyclic) bond motifs is 3. The Hall–Kier alpha value is -3.53. The van der Waals surface area contributed by atoms with Crippen molar-refractivity contribution in [3.63, 3.8) is 0 Å². The molecule has 11 heteroatoms. The smallest absolute Gasteiger partial charge is 0.340 e. The number of benzene rings is 3. The van der Waals surface area contributed by atoms with E-state index >= 15 is 4.39 Å². The topological polar surface area (TPSA) is 71.6 Å². The maximum atomic E-state index is 15.8. The van der Waals surface area contributed by atoms with Crippen LogP contribution in [0.15, 0.2) is 42.5 Å². The predicted molar refractivity (Wildman–Crippen MR) is 162 cm³/mol. The average Bonchev–Trinajstić information content (AvgIpc) is 3.21. The summed E-state index contributed by atoms with van der Waals surface area (Å²) in [4.78, 5) is 32.2. The van der Waals surface area contributed by atoms with Gasteiger partial charge in [-0.25, -0.2) is 9.18 Å². The monoisotopic (exact) mass is 625 g/mol. The molecular formula is C32H30Cl2FN3O5. The van der Waals surface area contributed by atoms with E-state index in [1.165, 1.54) is 18.1 Å². The van der Waals surface area contributed by atoms with E-state index < -0.39 is 11.8 Å². The van der Waals surface area contributed by atoms with Crippen LogP contribution < -0.4 is 14.5 Å². The third kappa shape index (κ3) is 4.87. The Morgan fingerprint density at radius 3 is 2.37 bits per heavy atom. The fraction of sp³-hybridized carbons (Fsp3) is 0.375. The molecule has 0 N–H and O–H groups in total. The quantitative estimate of drug-likeness (QED) is 0.315. The van der Waals surface area contributed by atoms with Gasteiger partial charge in [0.2, 0.25) is 0 Å². The fourth-order valence-corrected chi connectivity index (χ4v) is 7.21. The van der Waals surface area contributed by atoms with E-state index in [0.717, 1.165) is 38.0 Å². The van der Waals surface area contributed by atoms with E-state index in [1.54, 1.807) is 30.3 Å². The number of carbonyl (C=O) groups excluding carboxylic acids is 2. The van der Waals surface area contributed by atoms with Gasteiger partial charge < -0.3 is 28.9 Å². The lowest BCUT2D eigenvalue weighted by Gasteiger charge is -2.38. The van der Waals surface area contributed by atoms with Crippen molar-refractivity contribution in [3.8, 4) is 16.9 Å². The summed E-state index contributed by atoms with van der Waals surface area (Å²) < 4.78 is 32.7. The van der Waals surface area contributed by atoms with Crippen LogP contribution in [-0.4, -0.2) is 69.0 Å². The Bertz CT molecular complexity index is 1590. The molecule has 2 bridgehead atoms. The van der Waals surface area contributed by atoms with Crippen molar-refractivity contribution in [2.45, 2.75) is 37.9 Å². The number of rotatable bonds is 5. The molecule has 4 heterocycles. The highest BCUT2D eigenvalue weighted by Crippen LogP contribution is 2.43. The van der Waals surface area contributed by atoms with Crippen molar-refractivity contribution in [1.82, 2.24) is 4.90 Å². The van der Waals surface area contributed by atoms with Crippen molar-refractivity contribution in [3.05, 3.63) is 75.0 Å². The van der Waals surface area contributed by atoms with Crippen LogP contribution in [0.3, 0.4) is 0 Å². The molecule has 4 aliphatic heterocycles. The molecule has 0 saturated carbocycles. The Morgan fingerprint density at radius 2 is 1.72 bits per heavy atom. The first-order chi connectivity index (χ1) is 20.8. The number of carbonyl (C=O) groups is 2. The molecule has 43 heavy (non-hydrogen) atoms. The van der Waals surface area contributed by atoms with Gasteiger partial charge in [-0.3, -0.25) is 4.79 Å². The van der Waals surface area contributed by atoms with E-state index in [4.69, 9.17) is 37.4 Å². The van der Waals surface area contributed by atoms with Gasteiger partial charge in [-0.15, -0.1) is 0 Å². The number of anilines is 2. The van der Waals surface area contributed by atoms with Gasteiger partial charge in [0.25, 0.3) is 5.91 Å². The summed E-state index contributed by atoms with van der Waals surface area (Å²) in [6, 6.07) is 12.1. The highest BCUT2D eigenvalue weighted by molar-refractivity contribution is 6.40. The number of methoxy groups -OCH3 is 1. The minimum Gasteiger partial charge on any atom is -0.472 e. The van der Waals surface area contributed by atoms with E-state index in [9.17, 15) is 9.59 Å². The molecule has 0 radical (unpaired) electrons. The molecule has 7 rings (SSSR count). The first kappa shape index (κ1) is 28.3. The number of hydrogen-bond acceptors (Lipinski definition) is 7. The molecule has 3 saturated heterocycles. The Balaban J connectivity index is 1.21. The van der Waals surface area contributed by atoms with E-state index in [-0.39, 0.29) is 52.4 Å². The molecular weight excluding hydrogens is 596 g/mol. The van der Waals surface area contributed by atoms with E-state index in [0.29, 0.717) is 41.3 Å². The summed E-state index contributed by atoms with van der Waals surface area (Å²) in [6.07, 6.45) is 2.97. The maximum Gasteiger partial charge on any atom is 0.340 e. The third-order valence-corrected chi connectivity index (χ3v) is 9.47. The number of hydrogen-bond donors (Lipinski definition) is 0. The summed E-state index contributed by atoms with van der Waals surface area (Å²) in [5.74, 6) is -1.03. The van der Waals surface area contributed by atoms with Gasteiger partial charge in [0.05, 0.1) is 65.8 Å². The van der Waals surface area contributed by atoms with Crippen LogP contribution in [0, 0.1) is 5.82 Å². The molecule has 2 atom stereocenters. The van der Waals surface area contributed by atoms with Gasteiger partial charge in [0, 0.05) is 35.5 Å². The van der Waals surface area contributed by atoms with Crippen LogP contribution in [0.4, 0.5) is 15.8 Å². The van der Waals surface area contributed by atoms with Crippen LogP contribution in [0.25, 0.3) is 11.1 Å². The number of amides is 1. The van der Waals surface area contributed by atoms with Crippen molar-refractivity contribution >= 4 is 46.5 Å². The molecule has 0 spiro atoms. The number of ether oxygens (including phenoxy) is 3. The first-order valence-corrected chi connectivity index (χ1v) is 15.2. The van der Waals surface area contributed by atoms with Gasteiger partial charge in [-0.05, 0) is 43.5 Å². The van der Waals surface area contributed by atoms with Gasteiger partial charge >= 0.3 is 5.97 Å². The predicted octanol–water partition coefficient (Wildman–Crippen LogP) is 6.16. The van der Waals surface area contributed by atoms with Gasteiger partial charge in [0.15, 0.2) is 6.73 Å².